The highest BCUT2D eigenvalue weighted by atomic mass is 16.6. The minimum absolute atomic E-state index is 0.512. The van der Waals surface area contributed by atoms with E-state index < -0.39 is 0 Å². The summed E-state index contributed by atoms with van der Waals surface area (Å²) in [6.45, 7) is 0. The fraction of sp³-hybridized carbons (Fsp3) is 0.714. The molecule has 1 aliphatic carbocycles. The second-order valence-electron chi connectivity index (χ2n) is 2.50. The zero-order chi connectivity index (χ0) is 5.40. The van der Waals surface area contributed by atoms with Crippen molar-refractivity contribution < 1.29 is 4.74 Å². The number of epoxide rings is 1. The van der Waals surface area contributed by atoms with E-state index in [9.17, 15) is 0 Å². The lowest BCUT2D eigenvalue weighted by Crippen LogP contribution is -1.85. The van der Waals surface area contributed by atoms with Crippen molar-refractivity contribution in [1.82, 2.24) is 0 Å². The minimum atomic E-state index is 0.512. The minimum Gasteiger partial charge on any atom is -0.365 e. The van der Waals surface area contributed by atoms with E-state index in [1.807, 2.05) is 0 Å². The lowest BCUT2D eigenvalue weighted by molar-refractivity contribution is 0.373. The third kappa shape index (κ3) is 0.671. The Bertz CT molecular complexity index is 118. The van der Waals surface area contributed by atoms with E-state index in [0.717, 1.165) is 0 Å². The molecule has 0 aromatic carbocycles. The highest BCUT2D eigenvalue weighted by Crippen LogP contribution is 2.30. The van der Waals surface area contributed by atoms with Crippen LogP contribution in [0.15, 0.2) is 12.2 Å². The molecule has 2 rings (SSSR count). The van der Waals surface area contributed by atoms with Gasteiger partial charge in [-0.15, -0.1) is 0 Å². The van der Waals surface area contributed by atoms with Crippen LogP contribution < -0.4 is 0 Å². The van der Waals surface area contributed by atoms with Gasteiger partial charge in [0.2, 0.25) is 0 Å². The van der Waals surface area contributed by atoms with Gasteiger partial charge < -0.3 is 4.74 Å². The number of fused-ring (bicyclic) bond motifs is 1. The van der Waals surface area contributed by atoms with Crippen molar-refractivity contribution in [3.05, 3.63) is 12.2 Å². The van der Waals surface area contributed by atoms with Gasteiger partial charge in [0.25, 0.3) is 0 Å². The molecule has 0 aromatic rings. The zero-order valence-electron chi connectivity index (χ0n) is 4.84. The average molecular weight is 110 g/mol. The molecule has 2 aliphatic rings. The van der Waals surface area contributed by atoms with Gasteiger partial charge in [-0.1, -0.05) is 12.2 Å². The summed E-state index contributed by atoms with van der Waals surface area (Å²) in [5.41, 5.74) is 0. The molecular formula is C7H10O. The van der Waals surface area contributed by atoms with Crippen molar-refractivity contribution in [3.8, 4) is 0 Å². The van der Waals surface area contributed by atoms with Gasteiger partial charge in [0.05, 0.1) is 6.10 Å². The van der Waals surface area contributed by atoms with Crippen LogP contribution in [0.1, 0.15) is 19.3 Å². The molecule has 1 heterocycles. The van der Waals surface area contributed by atoms with E-state index in [2.05, 4.69) is 12.2 Å². The SMILES string of the molecule is C1=C[C@H]2O[C@H]2CCC1. The molecule has 0 spiro atoms. The molecule has 0 amide bonds. The highest BCUT2D eigenvalue weighted by Gasteiger charge is 2.36. The molecule has 1 heteroatoms. The molecule has 1 fully saturated rings. The van der Waals surface area contributed by atoms with Crippen molar-refractivity contribution in [1.29, 1.82) is 0 Å². The van der Waals surface area contributed by atoms with E-state index in [1.165, 1.54) is 19.3 Å². The fourth-order valence-corrected chi connectivity index (χ4v) is 1.23. The first-order valence-corrected chi connectivity index (χ1v) is 3.29. The number of rotatable bonds is 0. The zero-order valence-corrected chi connectivity index (χ0v) is 4.84. The van der Waals surface area contributed by atoms with Crippen molar-refractivity contribution in [2.75, 3.05) is 0 Å². The number of ether oxygens (including phenoxy) is 1. The van der Waals surface area contributed by atoms with Crippen LogP contribution in [0.3, 0.4) is 0 Å². The van der Waals surface area contributed by atoms with Gasteiger partial charge in [0, 0.05) is 0 Å². The molecule has 0 aromatic heterocycles. The Kier molecular flexibility index (Phi) is 0.908. The van der Waals surface area contributed by atoms with Crippen molar-refractivity contribution in [3.63, 3.8) is 0 Å². The monoisotopic (exact) mass is 110 g/mol. The average Bonchev–Trinajstić information content (AvgIpc) is 2.36. The summed E-state index contributed by atoms with van der Waals surface area (Å²) in [5, 5.41) is 0. The molecule has 0 N–H and O–H groups in total. The van der Waals surface area contributed by atoms with E-state index >= 15 is 0 Å². The summed E-state index contributed by atoms with van der Waals surface area (Å²) >= 11 is 0. The summed E-state index contributed by atoms with van der Waals surface area (Å²) in [5.74, 6) is 0. The fourth-order valence-electron chi connectivity index (χ4n) is 1.23. The smallest absolute Gasteiger partial charge is 0.102 e. The van der Waals surface area contributed by atoms with Gasteiger partial charge in [-0.25, -0.2) is 0 Å². The number of hydrogen-bond acceptors (Lipinski definition) is 1. The van der Waals surface area contributed by atoms with E-state index in [4.69, 9.17) is 4.74 Å². The van der Waals surface area contributed by atoms with Crippen LogP contribution in [-0.2, 0) is 4.74 Å². The summed E-state index contributed by atoms with van der Waals surface area (Å²) < 4.78 is 5.27. The quantitative estimate of drug-likeness (QED) is 0.340. The third-order valence-electron chi connectivity index (χ3n) is 1.81. The van der Waals surface area contributed by atoms with Gasteiger partial charge in [0.15, 0.2) is 0 Å². The number of allylic oxidation sites excluding steroid dienone is 1. The Morgan fingerprint density at radius 2 is 2.50 bits per heavy atom. The van der Waals surface area contributed by atoms with Crippen LogP contribution >= 0.6 is 0 Å². The standard InChI is InChI=1S/C7H10O/c1-2-4-6-7(8-6)5-3-1/h2,4,6-7H,1,3,5H2/t6-,7+/m1/s1. The predicted molar refractivity (Wildman–Crippen MR) is 31.7 cm³/mol. The third-order valence-corrected chi connectivity index (χ3v) is 1.81. The summed E-state index contributed by atoms with van der Waals surface area (Å²) in [4.78, 5) is 0. The Hall–Kier alpha value is -0.300. The van der Waals surface area contributed by atoms with Crippen LogP contribution in [0.25, 0.3) is 0 Å². The second-order valence-corrected chi connectivity index (χ2v) is 2.50. The molecule has 0 saturated carbocycles. The topological polar surface area (TPSA) is 12.5 Å². The maximum absolute atomic E-state index is 5.27. The van der Waals surface area contributed by atoms with Crippen LogP contribution in [0.4, 0.5) is 0 Å². The molecule has 1 saturated heterocycles. The maximum atomic E-state index is 5.27. The Balaban J connectivity index is 2.03. The molecule has 8 heavy (non-hydrogen) atoms. The Morgan fingerprint density at radius 3 is 3.50 bits per heavy atom. The molecule has 0 radical (unpaired) electrons. The van der Waals surface area contributed by atoms with E-state index in [-0.39, 0.29) is 0 Å². The van der Waals surface area contributed by atoms with Crippen LogP contribution in [0.5, 0.6) is 0 Å². The van der Waals surface area contributed by atoms with Crippen LogP contribution in [-0.4, -0.2) is 12.2 Å². The lowest BCUT2D eigenvalue weighted by Gasteiger charge is -1.86. The second kappa shape index (κ2) is 1.59. The van der Waals surface area contributed by atoms with Gasteiger partial charge in [-0.3, -0.25) is 0 Å². The number of hydrogen-bond donors (Lipinski definition) is 0. The Labute approximate surface area is 49.3 Å². The summed E-state index contributed by atoms with van der Waals surface area (Å²) in [7, 11) is 0. The lowest BCUT2D eigenvalue weighted by atomic mass is 10.2. The van der Waals surface area contributed by atoms with E-state index in [0.29, 0.717) is 12.2 Å². The summed E-state index contributed by atoms with van der Waals surface area (Å²) in [6, 6.07) is 0. The largest absolute Gasteiger partial charge is 0.365 e. The maximum Gasteiger partial charge on any atom is 0.102 e. The van der Waals surface area contributed by atoms with Gasteiger partial charge >= 0.3 is 0 Å². The normalized spacial score (nSPS) is 43.0. The van der Waals surface area contributed by atoms with Gasteiger partial charge in [-0.2, -0.15) is 0 Å². The molecule has 44 valence electrons. The molecule has 0 unspecified atom stereocenters. The molecular weight excluding hydrogens is 100 g/mol. The predicted octanol–water partition coefficient (Wildman–Crippen LogP) is 1.49. The molecule has 0 bridgehead atoms. The molecule has 2 atom stereocenters. The van der Waals surface area contributed by atoms with Gasteiger partial charge in [-0.05, 0) is 19.3 Å². The van der Waals surface area contributed by atoms with E-state index in [1.54, 1.807) is 0 Å². The first kappa shape index (κ1) is 4.57. The van der Waals surface area contributed by atoms with Gasteiger partial charge in [0.1, 0.15) is 6.10 Å². The van der Waals surface area contributed by atoms with Crippen LogP contribution in [0.2, 0.25) is 0 Å². The van der Waals surface area contributed by atoms with Crippen molar-refractivity contribution in [2.24, 2.45) is 0 Å². The Morgan fingerprint density at radius 1 is 1.50 bits per heavy atom. The molecule has 1 aliphatic heterocycles. The first-order valence-electron chi connectivity index (χ1n) is 3.29. The van der Waals surface area contributed by atoms with Crippen molar-refractivity contribution >= 4 is 0 Å². The van der Waals surface area contributed by atoms with Crippen molar-refractivity contribution in [2.45, 2.75) is 31.5 Å². The summed E-state index contributed by atoms with van der Waals surface area (Å²) in [6.07, 6.45) is 9.40. The molecule has 1 nitrogen and oxygen atoms in total. The first-order chi connectivity index (χ1) is 3.97. The highest BCUT2D eigenvalue weighted by molar-refractivity contribution is 5.04. The van der Waals surface area contributed by atoms with Crippen LogP contribution in [0, 0.1) is 0 Å².